The van der Waals surface area contributed by atoms with E-state index in [1.165, 1.54) is 0 Å². The highest BCUT2D eigenvalue weighted by Gasteiger charge is 2.22. The minimum absolute atomic E-state index is 0.421. The van der Waals surface area contributed by atoms with Gasteiger partial charge in [0.05, 0.1) is 40.8 Å². The molecule has 302 valence electrons. The van der Waals surface area contributed by atoms with Crippen LogP contribution in [0.4, 0.5) is 5.69 Å². The quantitative estimate of drug-likeness (QED) is 0.141. The summed E-state index contributed by atoms with van der Waals surface area (Å²) in [6.07, 6.45) is 0. The normalized spacial score (nSPS) is 11.0. The molecule has 0 saturated carbocycles. The number of benzene rings is 8. The monoisotopic (exact) mass is 830 g/mol. The van der Waals surface area contributed by atoms with Crippen LogP contribution in [0.2, 0.25) is 0 Å². The summed E-state index contributed by atoms with van der Waals surface area (Å²) in [7, 11) is 0. The van der Waals surface area contributed by atoms with Crippen LogP contribution in [0.25, 0.3) is 112 Å². The minimum atomic E-state index is 0.421. The summed E-state index contributed by atoms with van der Waals surface area (Å²) in [5.41, 5.74) is 12.0. The van der Waals surface area contributed by atoms with Gasteiger partial charge in [0.1, 0.15) is 0 Å². The predicted molar refractivity (Wildman–Crippen MR) is 259 cm³/mol. The third kappa shape index (κ3) is 7.23. The van der Waals surface area contributed by atoms with Crippen molar-refractivity contribution in [2.45, 2.75) is 0 Å². The van der Waals surface area contributed by atoms with E-state index in [0.29, 0.717) is 40.2 Å². The molecule has 0 aliphatic rings. The average molecular weight is 831 g/mol. The molecule has 0 atom stereocenters. The second-order valence-corrected chi connectivity index (χ2v) is 15.5. The highest BCUT2D eigenvalue weighted by molar-refractivity contribution is 6.11. The van der Waals surface area contributed by atoms with Gasteiger partial charge in [-0.15, -0.1) is 0 Å². The molecule has 0 N–H and O–H groups in total. The number of hydrogen-bond donors (Lipinski definition) is 0. The van der Waals surface area contributed by atoms with Gasteiger partial charge in [-0.05, 0) is 53.6 Å². The molecule has 11 aromatic rings. The second kappa shape index (κ2) is 16.5. The fourth-order valence-electron chi connectivity index (χ4n) is 8.41. The molecule has 0 amide bonds. The Kier molecular flexibility index (Phi) is 9.78. The molecule has 3 heterocycles. The SMILES string of the molecule is [C-]#[N+]c1ccc(-c2ccc3c4ccccc4n(-c4ccc(-c5nc(-c6ccccc6)nc(-c6ccccc6)n5)cc4-c4cc(-c5ccccc5)nc(-c5ccccc5)n4)c3c2)c(C#N)c1. The molecular formula is C57H34N8. The van der Waals surface area contributed by atoms with Crippen molar-refractivity contribution in [3.8, 4) is 90.9 Å². The molecule has 8 heteroatoms. The first kappa shape index (κ1) is 38.5. The molecule has 8 aromatic carbocycles. The van der Waals surface area contributed by atoms with Crippen LogP contribution in [0.3, 0.4) is 0 Å². The van der Waals surface area contributed by atoms with Crippen LogP contribution in [-0.4, -0.2) is 29.5 Å². The average Bonchev–Trinajstić information content (AvgIpc) is 3.72. The maximum absolute atomic E-state index is 10.2. The molecule has 0 aliphatic heterocycles. The van der Waals surface area contributed by atoms with E-state index in [4.69, 9.17) is 31.5 Å². The van der Waals surface area contributed by atoms with E-state index in [-0.39, 0.29) is 0 Å². The molecule has 11 rings (SSSR count). The van der Waals surface area contributed by atoms with Crippen molar-refractivity contribution >= 4 is 27.5 Å². The predicted octanol–water partition coefficient (Wildman–Crippen LogP) is 13.9. The van der Waals surface area contributed by atoms with Crippen molar-refractivity contribution < 1.29 is 0 Å². The fraction of sp³-hybridized carbons (Fsp3) is 0. The van der Waals surface area contributed by atoms with Crippen LogP contribution in [-0.2, 0) is 0 Å². The van der Waals surface area contributed by atoms with Gasteiger partial charge in [-0.2, -0.15) is 5.26 Å². The number of nitrogens with zero attached hydrogens (tertiary/aromatic N) is 8. The summed E-state index contributed by atoms with van der Waals surface area (Å²) in [5, 5.41) is 12.4. The Labute approximate surface area is 374 Å². The number of aromatic nitrogens is 6. The first-order valence-electron chi connectivity index (χ1n) is 21.1. The Morgan fingerprint density at radius 3 is 1.54 bits per heavy atom. The number of rotatable bonds is 8. The summed E-state index contributed by atoms with van der Waals surface area (Å²) in [4.78, 5) is 29.3. The van der Waals surface area contributed by atoms with E-state index in [0.717, 1.165) is 77.7 Å². The molecule has 0 saturated heterocycles. The van der Waals surface area contributed by atoms with Gasteiger partial charge in [0.25, 0.3) is 0 Å². The number of para-hydroxylation sites is 1. The zero-order chi connectivity index (χ0) is 43.7. The lowest BCUT2D eigenvalue weighted by atomic mass is 9.98. The molecule has 0 radical (unpaired) electrons. The van der Waals surface area contributed by atoms with Crippen molar-refractivity contribution in [3.63, 3.8) is 0 Å². The molecule has 65 heavy (non-hydrogen) atoms. The fourth-order valence-corrected chi connectivity index (χ4v) is 8.41. The molecule has 0 fully saturated rings. The lowest BCUT2D eigenvalue weighted by Crippen LogP contribution is -2.03. The van der Waals surface area contributed by atoms with Gasteiger partial charge in [-0.3, -0.25) is 0 Å². The van der Waals surface area contributed by atoms with Crippen LogP contribution in [0.15, 0.2) is 206 Å². The van der Waals surface area contributed by atoms with Gasteiger partial charge < -0.3 is 4.57 Å². The van der Waals surface area contributed by atoms with Gasteiger partial charge in [-0.1, -0.05) is 164 Å². The zero-order valence-electron chi connectivity index (χ0n) is 34.7. The maximum atomic E-state index is 10.2. The van der Waals surface area contributed by atoms with Gasteiger partial charge in [0.2, 0.25) is 0 Å². The molecule has 3 aromatic heterocycles. The summed E-state index contributed by atoms with van der Waals surface area (Å²) in [5.74, 6) is 2.24. The van der Waals surface area contributed by atoms with Crippen LogP contribution in [0.1, 0.15) is 5.56 Å². The number of fused-ring (bicyclic) bond motifs is 3. The lowest BCUT2D eigenvalue weighted by Gasteiger charge is -2.17. The molecule has 0 unspecified atom stereocenters. The van der Waals surface area contributed by atoms with E-state index >= 15 is 0 Å². The van der Waals surface area contributed by atoms with E-state index in [9.17, 15) is 5.26 Å². The maximum Gasteiger partial charge on any atom is 0.188 e. The van der Waals surface area contributed by atoms with E-state index in [1.54, 1.807) is 12.1 Å². The standard InChI is InChI=1S/C57H34N8/c1-59-44-28-30-45(43(32-44)36-58)41-26-29-47-46-24-14-15-25-51(46)65(53(47)34-41)52-31-27-42(57-63-55(39-20-10-4-11-21-39)62-56(64-57)40-22-12-5-13-23-40)33-48(52)50-35-49(37-16-6-2-7-17-37)60-54(61-50)38-18-8-3-9-19-38/h2-35H. The van der Waals surface area contributed by atoms with E-state index in [1.807, 2.05) is 115 Å². The molecule has 8 nitrogen and oxygen atoms in total. The van der Waals surface area contributed by atoms with E-state index in [2.05, 4.69) is 94.3 Å². The number of nitriles is 1. The third-order valence-corrected chi connectivity index (χ3v) is 11.5. The smallest absolute Gasteiger partial charge is 0.188 e. The van der Waals surface area contributed by atoms with Crippen LogP contribution in [0.5, 0.6) is 0 Å². The Hall–Kier alpha value is -9.37. The van der Waals surface area contributed by atoms with Gasteiger partial charge in [0, 0.05) is 49.7 Å². The lowest BCUT2D eigenvalue weighted by molar-refractivity contribution is 1.07. The summed E-state index contributed by atoms with van der Waals surface area (Å²) in [6.45, 7) is 7.56. The van der Waals surface area contributed by atoms with Crippen molar-refractivity contribution in [2.75, 3.05) is 0 Å². The summed E-state index contributed by atoms with van der Waals surface area (Å²) in [6, 6.07) is 70.8. The highest BCUT2D eigenvalue weighted by Crippen LogP contribution is 2.41. The van der Waals surface area contributed by atoms with E-state index < -0.39 is 0 Å². The van der Waals surface area contributed by atoms with Gasteiger partial charge >= 0.3 is 0 Å². The van der Waals surface area contributed by atoms with Crippen LogP contribution < -0.4 is 0 Å². The largest absolute Gasteiger partial charge is 0.309 e. The molecule has 0 aliphatic carbocycles. The van der Waals surface area contributed by atoms with Crippen molar-refractivity contribution in [1.82, 2.24) is 29.5 Å². The molecule has 0 bridgehead atoms. The summed E-state index contributed by atoms with van der Waals surface area (Å²) >= 11 is 0. The Morgan fingerprint density at radius 1 is 0.400 bits per heavy atom. The number of hydrogen-bond acceptors (Lipinski definition) is 6. The minimum Gasteiger partial charge on any atom is -0.309 e. The Bertz CT molecular complexity index is 3550. The van der Waals surface area contributed by atoms with Gasteiger partial charge in [-0.25, -0.2) is 29.8 Å². The van der Waals surface area contributed by atoms with Crippen molar-refractivity contribution in [2.24, 2.45) is 0 Å². The topological polar surface area (TPSA) is 97.5 Å². The highest BCUT2D eigenvalue weighted by atomic mass is 15.0. The second-order valence-electron chi connectivity index (χ2n) is 15.5. The van der Waals surface area contributed by atoms with Crippen molar-refractivity contribution in [1.29, 1.82) is 5.26 Å². The Balaban J connectivity index is 1.21. The van der Waals surface area contributed by atoms with Gasteiger partial charge in [0.15, 0.2) is 29.0 Å². The van der Waals surface area contributed by atoms with Crippen LogP contribution >= 0.6 is 0 Å². The molecule has 0 spiro atoms. The third-order valence-electron chi connectivity index (χ3n) is 11.5. The first-order chi connectivity index (χ1) is 32.1. The Morgan fingerprint density at radius 2 is 0.923 bits per heavy atom. The molecular weight excluding hydrogens is 797 g/mol. The first-order valence-corrected chi connectivity index (χ1v) is 21.1. The van der Waals surface area contributed by atoms with Crippen LogP contribution in [0, 0.1) is 17.9 Å². The summed E-state index contributed by atoms with van der Waals surface area (Å²) < 4.78 is 2.28. The van der Waals surface area contributed by atoms with Crippen molar-refractivity contribution in [3.05, 3.63) is 223 Å². The zero-order valence-corrected chi connectivity index (χ0v) is 34.7.